The highest BCUT2D eigenvalue weighted by Gasteiger charge is 2.28. The molecule has 0 fully saturated rings. The average molecular weight is 324 g/mol. The van der Waals surface area contributed by atoms with E-state index in [0.29, 0.717) is 5.56 Å². The average Bonchev–Trinajstić information content (AvgIpc) is 2.51. The van der Waals surface area contributed by atoms with Crippen molar-refractivity contribution in [2.24, 2.45) is 0 Å². The van der Waals surface area contributed by atoms with Crippen molar-refractivity contribution >= 4 is 5.78 Å². The predicted octanol–water partition coefficient (Wildman–Crippen LogP) is 4.41. The summed E-state index contributed by atoms with van der Waals surface area (Å²) < 4.78 is 46.9. The van der Waals surface area contributed by atoms with Gasteiger partial charge in [0, 0.05) is 6.07 Å². The minimum atomic E-state index is -4.43. The maximum absolute atomic E-state index is 12.2. The molecule has 0 unspecified atom stereocenters. The summed E-state index contributed by atoms with van der Waals surface area (Å²) in [5.41, 5.74) is 1.17. The highest BCUT2D eigenvalue weighted by Crippen LogP contribution is 2.27. The summed E-state index contributed by atoms with van der Waals surface area (Å²) in [6.45, 7) is 0.162. The molecule has 2 rings (SSSR count). The van der Waals surface area contributed by atoms with E-state index in [9.17, 15) is 18.0 Å². The molecule has 122 valence electrons. The standard InChI is InChI=1S/C17H15F3O3/c1-12(21)15-8-7-14(23-11-17(18,19)20)9-16(15)22-10-13-5-3-2-4-6-13/h2-9H,10-11H2,1H3. The van der Waals surface area contributed by atoms with Crippen LogP contribution in [0.4, 0.5) is 13.2 Å². The molecule has 6 heteroatoms. The Balaban J connectivity index is 2.15. The van der Waals surface area contributed by atoms with Crippen LogP contribution in [0.1, 0.15) is 22.8 Å². The van der Waals surface area contributed by atoms with Gasteiger partial charge in [0.05, 0.1) is 5.56 Å². The zero-order valence-electron chi connectivity index (χ0n) is 12.4. The van der Waals surface area contributed by atoms with E-state index in [1.165, 1.54) is 25.1 Å². The van der Waals surface area contributed by atoms with Crippen LogP contribution < -0.4 is 9.47 Å². The Hall–Kier alpha value is -2.50. The Morgan fingerprint density at radius 3 is 2.35 bits per heavy atom. The first kappa shape index (κ1) is 16.9. The monoisotopic (exact) mass is 324 g/mol. The van der Waals surface area contributed by atoms with E-state index in [-0.39, 0.29) is 23.9 Å². The molecular formula is C17H15F3O3. The first-order chi connectivity index (χ1) is 10.8. The lowest BCUT2D eigenvalue weighted by molar-refractivity contribution is -0.153. The smallest absolute Gasteiger partial charge is 0.422 e. The van der Waals surface area contributed by atoms with Gasteiger partial charge in [-0.05, 0) is 24.6 Å². The zero-order chi connectivity index (χ0) is 16.9. The Kier molecular flexibility index (Phi) is 5.26. The van der Waals surface area contributed by atoms with Crippen LogP contribution in [0.15, 0.2) is 48.5 Å². The van der Waals surface area contributed by atoms with Crippen molar-refractivity contribution in [1.82, 2.24) is 0 Å². The molecule has 0 spiro atoms. The molecule has 0 atom stereocenters. The number of halogens is 3. The second kappa shape index (κ2) is 7.17. The van der Waals surface area contributed by atoms with Crippen molar-refractivity contribution in [3.63, 3.8) is 0 Å². The number of hydrogen-bond acceptors (Lipinski definition) is 3. The normalized spacial score (nSPS) is 11.1. The summed E-state index contributed by atoms with van der Waals surface area (Å²) in [4.78, 5) is 11.6. The van der Waals surface area contributed by atoms with Crippen LogP contribution in [0.2, 0.25) is 0 Å². The first-order valence-electron chi connectivity index (χ1n) is 6.86. The number of carbonyl (C=O) groups excluding carboxylic acids is 1. The summed E-state index contributed by atoms with van der Waals surface area (Å²) in [5.74, 6) is -0.0492. The number of ether oxygens (including phenoxy) is 2. The third-order valence-electron chi connectivity index (χ3n) is 2.97. The van der Waals surface area contributed by atoms with Crippen LogP contribution in [-0.2, 0) is 6.61 Å². The van der Waals surface area contributed by atoms with Crippen molar-refractivity contribution in [1.29, 1.82) is 0 Å². The largest absolute Gasteiger partial charge is 0.488 e. The summed E-state index contributed by atoms with van der Waals surface area (Å²) in [6, 6.07) is 13.2. The fraction of sp³-hybridized carbons (Fsp3) is 0.235. The maximum atomic E-state index is 12.2. The van der Waals surface area contributed by atoms with Gasteiger partial charge in [0.2, 0.25) is 0 Å². The van der Waals surface area contributed by atoms with E-state index in [1.807, 2.05) is 30.3 Å². The van der Waals surface area contributed by atoms with Crippen LogP contribution in [0.25, 0.3) is 0 Å². The van der Waals surface area contributed by atoms with E-state index in [1.54, 1.807) is 0 Å². The Morgan fingerprint density at radius 2 is 1.74 bits per heavy atom. The van der Waals surface area contributed by atoms with Gasteiger partial charge in [-0.3, -0.25) is 4.79 Å². The number of benzene rings is 2. The molecule has 0 aliphatic rings. The van der Waals surface area contributed by atoms with Crippen LogP contribution >= 0.6 is 0 Å². The fourth-order valence-corrected chi connectivity index (χ4v) is 1.90. The lowest BCUT2D eigenvalue weighted by atomic mass is 10.1. The molecular weight excluding hydrogens is 309 g/mol. The number of carbonyl (C=O) groups is 1. The number of rotatable bonds is 6. The van der Waals surface area contributed by atoms with E-state index in [4.69, 9.17) is 4.74 Å². The number of hydrogen-bond donors (Lipinski definition) is 0. The van der Waals surface area contributed by atoms with E-state index < -0.39 is 12.8 Å². The lowest BCUT2D eigenvalue weighted by Crippen LogP contribution is -2.19. The molecule has 23 heavy (non-hydrogen) atoms. The first-order valence-corrected chi connectivity index (χ1v) is 6.86. The van der Waals surface area contributed by atoms with Crippen molar-refractivity contribution in [2.75, 3.05) is 6.61 Å². The Morgan fingerprint density at radius 1 is 1.04 bits per heavy atom. The SMILES string of the molecule is CC(=O)c1ccc(OCC(F)(F)F)cc1OCc1ccccc1. The molecule has 0 saturated carbocycles. The molecule has 0 saturated heterocycles. The highest BCUT2D eigenvalue weighted by molar-refractivity contribution is 5.97. The summed E-state index contributed by atoms with van der Waals surface area (Å²) in [5, 5.41) is 0. The van der Waals surface area contributed by atoms with Gasteiger partial charge >= 0.3 is 6.18 Å². The lowest BCUT2D eigenvalue weighted by Gasteiger charge is -2.13. The van der Waals surface area contributed by atoms with Gasteiger partial charge in [-0.2, -0.15) is 13.2 Å². The molecule has 0 aromatic heterocycles. The highest BCUT2D eigenvalue weighted by atomic mass is 19.4. The quantitative estimate of drug-likeness (QED) is 0.738. The van der Waals surface area contributed by atoms with Crippen molar-refractivity contribution < 1.29 is 27.4 Å². The molecule has 0 aliphatic heterocycles. The molecule has 0 heterocycles. The topological polar surface area (TPSA) is 35.5 Å². The fourth-order valence-electron chi connectivity index (χ4n) is 1.90. The summed E-state index contributed by atoms with van der Waals surface area (Å²) in [6.07, 6.45) is -4.43. The van der Waals surface area contributed by atoms with E-state index in [2.05, 4.69) is 4.74 Å². The van der Waals surface area contributed by atoms with E-state index in [0.717, 1.165) is 5.56 Å². The minimum absolute atomic E-state index is 0.00427. The van der Waals surface area contributed by atoms with Crippen LogP contribution in [0, 0.1) is 0 Å². The molecule has 0 amide bonds. The van der Waals surface area contributed by atoms with Gasteiger partial charge in [-0.15, -0.1) is 0 Å². The minimum Gasteiger partial charge on any atom is -0.488 e. The van der Waals surface area contributed by atoms with Crippen LogP contribution in [0.3, 0.4) is 0 Å². The Bertz CT molecular complexity index is 667. The number of alkyl halides is 3. The molecule has 0 aliphatic carbocycles. The molecule has 0 N–H and O–H groups in total. The van der Waals surface area contributed by atoms with Gasteiger partial charge in [0.25, 0.3) is 0 Å². The molecule has 0 bridgehead atoms. The second-order valence-corrected chi connectivity index (χ2v) is 4.89. The van der Waals surface area contributed by atoms with Crippen molar-refractivity contribution in [3.8, 4) is 11.5 Å². The Labute approximate surface area is 131 Å². The molecule has 3 nitrogen and oxygen atoms in total. The van der Waals surface area contributed by atoms with E-state index >= 15 is 0 Å². The van der Waals surface area contributed by atoms with Crippen LogP contribution in [0.5, 0.6) is 11.5 Å². The molecule has 0 radical (unpaired) electrons. The second-order valence-electron chi connectivity index (χ2n) is 4.89. The van der Waals surface area contributed by atoms with Gasteiger partial charge in [0.15, 0.2) is 12.4 Å². The van der Waals surface area contributed by atoms with Crippen LogP contribution in [-0.4, -0.2) is 18.6 Å². The number of ketones is 1. The zero-order valence-corrected chi connectivity index (χ0v) is 12.4. The molecule has 2 aromatic rings. The van der Waals surface area contributed by atoms with Gasteiger partial charge in [-0.1, -0.05) is 30.3 Å². The summed E-state index contributed by atoms with van der Waals surface area (Å²) in [7, 11) is 0. The third kappa shape index (κ3) is 5.32. The van der Waals surface area contributed by atoms with Crippen molar-refractivity contribution in [2.45, 2.75) is 19.7 Å². The van der Waals surface area contributed by atoms with Gasteiger partial charge in [0.1, 0.15) is 18.1 Å². The number of Topliss-reactive ketones (excluding diaryl/α,β-unsaturated/α-hetero) is 1. The van der Waals surface area contributed by atoms with Gasteiger partial charge in [-0.25, -0.2) is 0 Å². The molecule has 2 aromatic carbocycles. The summed E-state index contributed by atoms with van der Waals surface area (Å²) >= 11 is 0. The maximum Gasteiger partial charge on any atom is 0.422 e. The van der Waals surface area contributed by atoms with Crippen molar-refractivity contribution in [3.05, 3.63) is 59.7 Å². The third-order valence-corrected chi connectivity index (χ3v) is 2.97. The predicted molar refractivity (Wildman–Crippen MR) is 78.8 cm³/mol. The van der Waals surface area contributed by atoms with Gasteiger partial charge < -0.3 is 9.47 Å².